The minimum atomic E-state index is -0.439. The average Bonchev–Trinajstić information content (AvgIpc) is 2.34. The zero-order chi connectivity index (χ0) is 12.5. The molecule has 0 aromatic heterocycles. The summed E-state index contributed by atoms with van der Waals surface area (Å²) in [5.74, 6) is -0.439. The van der Waals surface area contributed by atoms with Gasteiger partial charge in [-0.25, -0.2) is 4.79 Å². The molecule has 0 fully saturated rings. The largest absolute Gasteiger partial charge is 0.460 e. The maximum atomic E-state index is 11.6. The summed E-state index contributed by atoms with van der Waals surface area (Å²) >= 11 is 5.85. The Balaban J connectivity index is 2.24. The van der Waals surface area contributed by atoms with E-state index in [1.165, 1.54) is 0 Å². The monoisotopic (exact) mass is 258 g/mol. The van der Waals surface area contributed by atoms with Crippen LogP contribution in [-0.2, 0) is 14.2 Å². The number of carbonyl (C=O) groups is 1. The molecule has 0 unspecified atom stereocenters. The average molecular weight is 259 g/mol. The van der Waals surface area contributed by atoms with E-state index in [2.05, 4.69) is 0 Å². The first-order valence-corrected chi connectivity index (χ1v) is 5.62. The van der Waals surface area contributed by atoms with Gasteiger partial charge in [0, 0.05) is 7.11 Å². The Bertz CT molecular complexity index is 354. The lowest BCUT2D eigenvalue weighted by atomic mass is 10.2. The summed E-state index contributed by atoms with van der Waals surface area (Å²) in [6, 6.07) is 6.76. The summed E-state index contributed by atoms with van der Waals surface area (Å²) < 4.78 is 15.0. The summed E-state index contributed by atoms with van der Waals surface area (Å²) in [6.45, 7) is 1.56. The molecule has 0 atom stereocenters. The molecule has 0 saturated carbocycles. The fraction of sp³-hybridized carbons (Fsp3) is 0.417. The molecule has 5 heteroatoms. The van der Waals surface area contributed by atoms with Crippen LogP contribution in [0.2, 0.25) is 5.02 Å². The first-order chi connectivity index (χ1) is 8.25. The standard InChI is InChI=1S/C12H15ClO4/c1-15-6-7-16-8-9-17-12(14)10-4-2-3-5-11(10)13/h2-5H,6-9H2,1H3. The van der Waals surface area contributed by atoms with Crippen molar-refractivity contribution in [1.29, 1.82) is 0 Å². The third kappa shape index (κ3) is 5.17. The number of methoxy groups -OCH3 is 1. The van der Waals surface area contributed by atoms with Crippen molar-refractivity contribution in [1.82, 2.24) is 0 Å². The van der Waals surface area contributed by atoms with Crippen LogP contribution in [0.15, 0.2) is 24.3 Å². The number of halogens is 1. The third-order valence-electron chi connectivity index (χ3n) is 1.99. The van der Waals surface area contributed by atoms with Crippen molar-refractivity contribution in [2.45, 2.75) is 0 Å². The fourth-order valence-corrected chi connectivity index (χ4v) is 1.35. The Morgan fingerprint density at radius 3 is 2.59 bits per heavy atom. The van der Waals surface area contributed by atoms with E-state index >= 15 is 0 Å². The van der Waals surface area contributed by atoms with Gasteiger partial charge in [0.1, 0.15) is 6.61 Å². The number of carbonyl (C=O) groups excluding carboxylic acids is 1. The van der Waals surface area contributed by atoms with Crippen LogP contribution in [-0.4, -0.2) is 39.5 Å². The Morgan fingerprint density at radius 1 is 1.18 bits per heavy atom. The second-order valence-electron chi connectivity index (χ2n) is 3.22. The molecule has 0 spiro atoms. The molecule has 0 heterocycles. The van der Waals surface area contributed by atoms with E-state index in [1.807, 2.05) is 0 Å². The van der Waals surface area contributed by atoms with Crippen LogP contribution in [0.25, 0.3) is 0 Å². The van der Waals surface area contributed by atoms with Gasteiger partial charge in [0.05, 0.1) is 30.4 Å². The normalized spacial score (nSPS) is 10.2. The Kier molecular flexibility index (Phi) is 6.62. The molecule has 0 aliphatic carbocycles. The molecule has 0 aliphatic rings. The van der Waals surface area contributed by atoms with Gasteiger partial charge in [-0.05, 0) is 12.1 Å². The van der Waals surface area contributed by atoms with Gasteiger partial charge in [-0.3, -0.25) is 0 Å². The summed E-state index contributed by atoms with van der Waals surface area (Å²) in [4.78, 5) is 11.6. The van der Waals surface area contributed by atoms with E-state index < -0.39 is 5.97 Å². The molecule has 0 N–H and O–H groups in total. The minimum absolute atomic E-state index is 0.202. The molecular formula is C12H15ClO4. The maximum absolute atomic E-state index is 11.6. The van der Waals surface area contributed by atoms with Gasteiger partial charge in [-0.2, -0.15) is 0 Å². The highest BCUT2D eigenvalue weighted by atomic mass is 35.5. The van der Waals surface area contributed by atoms with E-state index in [4.69, 9.17) is 25.8 Å². The van der Waals surface area contributed by atoms with Crippen molar-refractivity contribution in [3.8, 4) is 0 Å². The summed E-state index contributed by atoms with van der Waals surface area (Å²) in [6.07, 6.45) is 0. The van der Waals surface area contributed by atoms with Gasteiger partial charge in [0.15, 0.2) is 0 Å². The van der Waals surface area contributed by atoms with Gasteiger partial charge >= 0.3 is 5.97 Å². The van der Waals surface area contributed by atoms with Crippen molar-refractivity contribution in [3.63, 3.8) is 0 Å². The van der Waals surface area contributed by atoms with Crippen LogP contribution in [0.5, 0.6) is 0 Å². The van der Waals surface area contributed by atoms with Gasteiger partial charge in [-0.15, -0.1) is 0 Å². The molecule has 17 heavy (non-hydrogen) atoms. The second kappa shape index (κ2) is 8.06. The summed E-state index contributed by atoms with van der Waals surface area (Å²) in [5.41, 5.74) is 0.367. The second-order valence-corrected chi connectivity index (χ2v) is 3.63. The molecule has 0 bridgehead atoms. The van der Waals surface area contributed by atoms with E-state index in [0.29, 0.717) is 30.4 Å². The number of esters is 1. The van der Waals surface area contributed by atoms with Crippen molar-refractivity contribution >= 4 is 17.6 Å². The van der Waals surface area contributed by atoms with Crippen LogP contribution in [0.1, 0.15) is 10.4 Å². The topological polar surface area (TPSA) is 44.8 Å². The first kappa shape index (κ1) is 14.0. The predicted octanol–water partition coefficient (Wildman–Crippen LogP) is 2.16. The lowest BCUT2D eigenvalue weighted by Crippen LogP contribution is -2.12. The van der Waals surface area contributed by atoms with E-state index in [9.17, 15) is 4.79 Å². The molecule has 0 radical (unpaired) electrons. The Morgan fingerprint density at radius 2 is 1.88 bits per heavy atom. The number of hydrogen-bond donors (Lipinski definition) is 0. The predicted molar refractivity (Wildman–Crippen MR) is 64.4 cm³/mol. The van der Waals surface area contributed by atoms with Crippen molar-refractivity contribution in [2.24, 2.45) is 0 Å². The lowest BCUT2D eigenvalue weighted by molar-refractivity contribution is 0.0214. The minimum Gasteiger partial charge on any atom is -0.460 e. The van der Waals surface area contributed by atoms with E-state index in [0.717, 1.165) is 0 Å². The number of hydrogen-bond acceptors (Lipinski definition) is 4. The van der Waals surface area contributed by atoms with Gasteiger partial charge in [0.2, 0.25) is 0 Å². The van der Waals surface area contributed by atoms with Crippen LogP contribution in [0.4, 0.5) is 0 Å². The molecule has 0 aliphatic heterocycles. The van der Waals surface area contributed by atoms with Gasteiger partial charge < -0.3 is 14.2 Å². The van der Waals surface area contributed by atoms with Gasteiger partial charge in [-0.1, -0.05) is 23.7 Å². The number of rotatable bonds is 7. The zero-order valence-corrected chi connectivity index (χ0v) is 10.4. The fourth-order valence-electron chi connectivity index (χ4n) is 1.14. The molecule has 4 nitrogen and oxygen atoms in total. The van der Waals surface area contributed by atoms with Gasteiger partial charge in [0.25, 0.3) is 0 Å². The quantitative estimate of drug-likeness (QED) is 0.555. The maximum Gasteiger partial charge on any atom is 0.339 e. The SMILES string of the molecule is COCCOCCOC(=O)c1ccccc1Cl. The zero-order valence-electron chi connectivity index (χ0n) is 9.65. The van der Waals surface area contributed by atoms with E-state index in [1.54, 1.807) is 31.4 Å². The lowest BCUT2D eigenvalue weighted by Gasteiger charge is -2.06. The Labute approximate surface area is 105 Å². The summed E-state index contributed by atoms with van der Waals surface area (Å²) in [7, 11) is 1.60. The Hall–Kier alpha value is -1.10. The van der Waals surface area contributed by atoms with Crippen molar-refractivity contribution in [2.75, 3.05) is 33.5 Å². The number of ether oxygens (including phenoxy) is 3. The third-order valence-corrected chi connectivity index (χ3v) is 2.32. The molecule has 1 aromatic rings. The molecule has 1 rings (SSSR count). The van der Waals surface area contributed by atoms with Crippen molar-refractivity contribution in [3.05, 3.63) is 34.9 Å². The van der Waals surface area contributed by atoms with Crippen LogP contribution >= 0.6 is 11.6 Å². The summed E-state index contributed by atoms with van der Waals surface area (Å²) in [5, 5.41) is 0.387. The van der Waals surface area contributed by atoms with Crippen LogP contribution in [0.3, 0.4) is 0 Å². The highest BCUT2D eigenvalue weighted by molar-refractivity contribution is 6.33. The van der Waals surface area contributed by atoms with Crippen LogP contribution in [0, 0.1) is 0 Å². The molecule has 0 saturated heterocycles. The van der Waals surface area contributed by atoms with Crippen LogP contribution < -0.4 is 0 Å². The number of benzene rings is 1. The highest BCUT2D eigenvalue weighted by Crippen LogP contribution is 2.15. The molecular weight excluding hydrogens is 244 g/mol. The van der Waals surface area contributed by atoms with E-state index in [-0.39, 0.29) is 6.61 Å². The molecule has 1 aromatic carbocycles. The van der Waals surface area contributed by atoms with Crippen molar-refractivity contribution < 1.29 is 19.0 Å². The smallest absolute Gasteiger partial charge is 0.339 e. The highest BCUT2D eigenvalue weighted by Gasteiger charge is 2.10. The molecule has 94 valence electrons. The first-order valence-electron chi connectivity index (χ1n) is 5.24. The molecule has 0 amide bonds.